The number of aromatic nitrogens is 2. The van der Waals surface area contributed by atoms with Gasteiger partial charge in [0.1, 0.15) is 0 Å². The third kappa shape index (κ3) is 2.95. The lowest BCUT2D eigenvalue weighted by atomic mass is 9.77. The third-order valence-electron chi connectivity index (χ3n) is 3.83. The first-order valence-electron chi connectivity index (χ1n) is 6.56. The minimum Gasteiger partial charge on any atom is -0.395 e. The van der Waals surface area contributed by atoms with Crippen LogP contribution in [0.5, 0.6) is 0 Å². The van der Waals surface area contributed by atoms with Crippen LogP contribution in [0.15, 0.2) is 41.0 Å². The molecule has 5 heteroatoms. The summed E-state index contributed by atoms with van der Waals surface area (Å²) in [5, 5.41) is 23.8. The standard InChI is InChI=1S/C15H19BrN2O2/c1-18-12(7-9-17-18)6-8-15(10-19,11-20)13-4-2-3-5-14(13)16/h2-5,7,9,19-20H,6,8,10-11H2,1H3. The molecule has 2 rings (SSSR count). The average Bonchev–Trinajstić information content (AvgIpc) is 2.87. The summed E-state index contributed by atoms with van der Waals surface area (Å²) in [6.45, 7) is -0.187. The predicted molar refractivity (Wildman–Crippen MR) is 81.5 cm³/mol. The van der Waals surface area contributed by atoms with E-state index in [0.29, 0.717) is 6.42 Å². The van der Waals surface area contributed by atoms with Gasteiger partial charge in [0.05, 0.1) is 13.2 Å². The zero-order valence-corrected chi connectivity index (χ0v) is 13.0. The Labute approximate surface area is 127 Å². The zero-order chi connectivity index (χ0) is 14.6. The number of benzene rings is 1. The second-order valence-corrected chi connectivity index (χ2v) is 5.88. The van der Waals surface area contributed by atoms with Crippen molar-refractivity contribution in [2.45, 2.75) is 18.3 Å². The molecule has 1 aromatic heterocycles. The molecule has 20 heavy (non-hydrogen) atoms. The second kappa shape index (κ2) is 6.52. The van der Waals surface area contributed by atoms with Gasteiger partial charge in [-0.1, -0.05) is 34.1 Å². The highest BCUT2D eigenvalue weighted by atomic mass is 79.9. The van der Waals surface area contributed by atoms with Crippen LogP contribution in [0.2, 0.25) is 0 Å². The topological polar surface area (TPSA) is 58.3 Å². The third-order valence-corrected chi connectivity index (χ3v) is 4.52. The van der Waals surface area contributed by atoms with Crippen LogP contribution in [0.3, 0.4) is 0 Å². The summed E-state index contributed by atoms with van der Waals surface area (Å²) in [5.41, 5.74) is 1.38. The molecule has 0 spiro atoms. The molecule has 108 valence electrons. The van der Waals surface area contributed by atoms with Crippen LogP contribution >= 0.6 is 15.9 Å². The molecular weight excluding hydrogens is 320 g/mol. The van der Waals surface area contributed by atoms with E-state index in [1.165, 1.54) is 0 Å². The number of nitrogens with zero attached hydrogens (tertiary/aromatic N) is 2. The molecule has 0 bridgehead atoms. The Kier molecular flexibility index (Phi) is 4.96. The van der Waals surface area contributed by atoms with Crippen molar-refractivity contribution in [1.82, 2.24) is 9.78 Å². The highest BCUT2D eigenvalue weighted by Crippen LogP contribution is 2.34. The van der Waals surface area contributed by atoms with Gasteiger partial charge in [0, 0.05) is 28.8 Å². The number of hydrogen-bond acceptors (Lipinski definition) is 3. The summed E-state index contributed by atoms with van der Waals surface area (Å²) in [4.78, 5) is 0. The van der Waals surface area contributed by atoms with Crippen LogP contribution in [-0.4, -0.2) is 33.2 Å². The van der Waals surface area contributed by atoms with Gasteiger partial charge in [0.2, 0.25) is 0 Å². The van der Waals surface area contributed by atoms with E-state index >= 15 is 0 Å². The van der Waals surface area contributed by atoms with Gasteiger partial charge < -0.3 is 10.2 Å². The van der Waals surface area contributed by atoms with Gasteiger partial charge in [-0.05, 0) is 30.5 Å². The summed E-state index contributed by atoms with van der Waals surface area (Å²) in [6.07, 6.45) is 3.16. The molecule has 0 aliphatic rings. The highest BCUT2D eigenvalue weighted by molar-refractivity contribution is 9.10. The molecule has 0 fully saturated rings. The minimum atomic E-state index is -0.648. The largest absolute Gasteiger partial charge is 0.395 e. The van der Waals surface area contributed by atoms with Crippen molar-refractivity contribution in [3.63, 3.8) is 0 Å². The highest BCUT2D eigenvalue weighted by Gasteiger charge is 2.32. The maximum Gasteiger partial charge on any atom is 0.0550 e. The van der Waals surface area contributed by atoms with E-state index in [1.807, 2.05) is 42.1 Å². The number of aliphatic hydroxyl groups is 2. The van der Waals surface area contributed by atoms with Crippen LogP contribution < -0.4 is 0 Å². The van der Waals surface area contributed by atoms with Gasteiger partial charge in [-0.2, -0.15) is 5.10 Å². The quantitative estimate of drug-likeness (QED) is 0.847. The van der Waals surface area contributed by atoms with Crippen molar-refractivity contribution in [1.29, 1.82) is 0 Å². The first-order chi connectivity index (χ1) is 9.63. The summed E-state index contributed by atoms with van der Waals surface area (Å²) >= 11 is 3.51. The predicted octanol–water partition coefficient (Wildman–Crippen LogP) is 2.04. The lowest BCUT2D eigenvalue weighted by Gasteiger charge is -2.31. The fraction of sp³-hybridized carbons (Fsp3) is 0.400. The van der Waals surface area contributed by atoms with E-state index < -0.39 is 5.41 Å². The van der Waals surface area contributed by atoms with Gasteiger partial charge in [-0.15, -0.1) is 0 Å². The molecule has 0 amide bonds. The molecule has 2 N–H and O–H groups in total. The normalized spacial score (nSPS) is 11.8. The molecule has 1 heterocycles. The van der Waals surface area contributed by atoms with Gasteiger partial charge in [-0.3, -0.25) is 4.68 Å². The van der Waals surface area contributed by atoms with Crippen molar-refractivity contribution >= 4 is 15.9 Å². The zero-order valence-electron chi connectivity index (χ0n) is 11.5. The van der Waals surface area contributed by atoms with Crippen LogP contribution in [0.25, 0.3) is 0 Å². The van der Waals surface area contributed by atoms with E-state index in [0.717, 1.165) is 22.2 Å². The average molecular weight is 339 g/mol. The number of aryl methyl sites for hydroxylation is 2. The molecule has 0 saturated carbocycles. The lowest BCUT2D eigenvalue weighted by molar-refractivity contribution is 0.108. The summed E-state index contributed by atoms with van der Waals surface area (Å²) in [7, 11) is 1.90. The molecule has 0 aliphatic carbocycles. The summed E-state index contributed by atoms with van der Waals surface area (Å²) < 4.78 is 2.73. The van der Waals surface area contributed by atoms with Crippen LogP contribution in [-0.2, 0) is 18.9 Å². The van der Waals surface area contributed by atoms with Crippen molar-refractivity contribution < 1.29 is 10.2 Å². The molecular formula is C15H19BrN2O2. The Hall–Kier alpha value is -1.17. The van der Waals surface area contributed by atoms with E-state index in [4.69, 9.17) is 0 Å². The monoisotopic (exact) mass is 338 g/mol. The van der Waals surface area contributed by atoms with Crippen molar-refractivity contribution in [3.05, 3.63) is 52.3 Å². The Morgan fingerprint density at radius 3 is 2.45 bits per heavy atom. The van der Waals surface area contributed by atoms with Gasteiger partial charge in [0.15, 0.2) is 0 Å². The fourth-order valence-electron chi connectivity index (χ4n) is 2.42. The van der Waals surface area contributed by atoms with Gasteiger partial charge in [-0.25, -0.2) is 0 Å². The molecule has 0 saturated heterocycles. The first-order valence-corrected chi connectivity index (χ1v) is 7.36. The van der Waals surface area contributed by atoms with Crippen LogP contribution in [0.4, 0.5) is 0 Å². The summed E-state index contributed by atoms with van der Waals surface area (Å²) in [5.74, 6) is 0. The van der Waals surface area contributed by atoms with E-state index in [2.05, 4.69) is 21.0 Å². The van der Waals surface area contributed by atoms with Gasteiger partial charge in [0.25, 0.3) is 0 Å². The van der Waals surface area contributed by atoms with E-state index in [-0.39, 0.29) is 13.2 Å². The molecule has 0 radical (unpaired) electrons. The minimum absolute atomic E-state index is 0.0933. The molecule has 2 aromatic rings. The van der Waals surface area contributed by atoms with Gasteiger partial charge >= 0.3 is 0 Å². The first kappa shape index (κ1) is 15.2. The van der Waals surface area contributed by atoms with Crippen molar-refractivity contribution in [3.8, 4) is 0 Å². The maximum absolute atomic E-state index is 9.85. The Balaban J connectivity index is 2.26. The molecule has 0 aliphatic heterocycles. The van der Waals surface area contributed by atoms with Crippen molar-refractivity contribution in [2.24, 2.45) is 7.05 Å². The maximum atomic E-state index is 9.85. The Bertz CT molecular complexity index is 565. The van der Waals surface area contributed by atoms with Crippen molar-refractivity contribution in [2.75, 3.05) is 13.2 Å². The number of hydrogen-bond donors (Lipinski definition) is 2. The van der Waals surface area contributed by atoms with E-state index in [1.54, 1.807) is 6.20 Å². The Morgan fingerprint density at radius 1 is 1.20 bits per heavy atom. The smallest absolute Gasteiger partial charge is 0.0550 e. The lowest BCUT2D eigenvalue weighted by Crippen LogP contribution is -2.36. The second-order valence-electron chi connectivity index (χ2n) is 5.02. The fourth-order valence-corrected chi connectivity index (χ4v) is 3.12. The summed E-state index contributed by atoms with van der Waals surface area (Å²) in [6, 6.07) is 9.68. The molecule has 0 atom stereocenters. The number of aliphatic hydroxyl groups excluding tert-OH is 2. The number of rotatable bonds is 6. The van der Waals surface area contributed by atoms with E-state index in [9.17, 15) is 10.2 Å². The molecule has 4 nitrogen and oxygen atoms in total. The molecule has 1 aromatic carbocycles. The molecule has 0 unspecified atom stereocenters. The SMILES string of the molecule is Cn1nccc1CCC(CO)(CO)c1ccccc1Br. The Morgan fingerprint density at radius 2 is 1.90 bits per heavy atom. The number of halogens is 1. The van der Waals surface area contributed by atoms with Crippen LogP contribution in [0, 0.1) is 0 Å². The van der Waals surface area contributed by atoms with Crippen LogP contribution in [0.1, 0.15) is 17.7 Å².